The molecule has 104 valence electrons. The zero-order chi connectivity index (χ0) is 13.0. The van der Waals surface area contributed by atoms with Gasteiger partial charge in [-0.1, -0.05) is 48.0 Å². The molecule has 2 aromatic rings. The largest absolute Gasteiger partial charge is 0.300 e. The predicted octanol–water partition coefficient (Wildman–Crippen LogP) is 4.08. The quantitative estimate of drug-likeness (QED) is 0.769. The van der Waals surface area contributed by atoms with Gasteiger partial charge in [0.25, 0.3) is 0 Å². The number of hydrogen-bond acceptors (Lipinski definition) is 1. The number of hydrogen-bond donors (Lipinski definition) is 1. The summed E-state index contributed by atoms with van der Waals surface area (Å²) >= 11 is 0. The Balaban J connectivity index is 0.00000121. The van der Waals surface area contributed by atoms with Gasteiger partial charge in [-0.05, 0) is 48.9 Å². The topological polar surface area (TPSA) is 12.0 Å². The van der Waals surface area contributed by atoms with E-state index in [9.17, 15) is 0 Å². The lowest BCUT2D eigenvalue weighted by Crippen LogP contribution is -2.36. The second-order valence-electron chi connectivity index (χ2n) is 6.27. The zero-order valence-electron chi connectivity index (χ0n) is 11.9. The maximum Gasteiger partial charge on any atom is 0.0455 e. The third-order valence-corrected chi connectivity index (χ3v) is 4.76. The minimum Gasteiger partial charge on any atom is -0.300 e. The van der Waals surface area contributed by atoms with Crippen LogP contribution >= 0.6 is 12.4 Å². The molecule has 0 amide bonds. The first-order valence-corrected chi connectivity index (χ1v) is 7.11. The van der Waals surface area contributed by atoms with Crippen LogP contribution in [0, 0.1) is 6.92 Å². The van der Waals surface area contributed by atoms with Crippen molar-refractivity contribution in [1.29, 1.82) is 0 Å². The molecule has 2 aliphatic rings. The van der Waals surface area contributed by atoms with E-state index in [4.69, 9.17) is 0 Å². The molecule has 2 unspecified atom stereocenters. The molecular formula is C18H20ClN. The van der Waals surface area contributed by atoms with Crippen LogP contribution in [0.5, 0.6) is 0 Å². The summed E-state index contributed by atoms with van der Waals surface area (Å²) in [5, 5.41) is 3.87. The molecule has 2 atom stereocenters. The highest BCUT2D eigenvalue weighted by Gasteiger charge is 2.42. The van der Waals surface area contributed by atoms with Crippen molar-refractivity contribution in [3.05, 3.63) is 70.3 Å². The molecular weight excluding hydrogens is 266 g/mol. The van der Waals surface area contributed by atoms with Gasteiger partial charge in [0.05, 0.1) is 0 Å². The summed E-state index contributed by atoms with van der Waals surface area (Å²) in [4.78, 5) is 0. The van der Waals surface area contributed by atoms with Gasteiger partial charge in [0.15, 0.2) is 0 Å². The molecule has 2 bridgehead atoms. The van der Waals surface area contributed by atoms with E-state index in [2.05, 4.69) is 61.6 Å². The lowest BCUT2D eigenvalue weighted by molar-refractivity contribution is 0.368. The smallest absolute Gasteiger partial charge is 0.0455 e. The van der Waals surface area contributed by atoms with E-state index >= 15 is 0 Å². The van der Waals surface area contributed by atoms with Crippen molar-refractivity contribution in [3.63, 3.8) is 0 Å². The van der Waals surface area contributed by atoms with Gasteiger partial charge in [-0.15, -0.1) is 12.4 Å². The highest BCUT2D eigenvalue weighted by Crippen LogP contribution is 2.44. The summed E-state index contributed by atoms with van der Waals surface area (Å²) in [6, 6.07) is 16.3. The molecule has 2 aromatic carbocycles. The van der Waals surface area contributed by atoms with Crippen LogP contribution in [0.4, 0.5) is 0 Å². The van der Waals surface area contributed by atoms with Crippen LogP contribution in [0.2, 0.25) is 0 Å². The minimum absolute atomic E-state index is 0. The fraction of sp³-hybridized carbons (Fsp3) is 0.333. The lowest BCUT2D eigenvalue weighted by Gasteiger charge is -2.26. The molecule has 2 aliphatic heterocycles. The van der Waals surface area contributed by atoms with E-state index in [1.807, 2.05) is 0 Å². The summed E-state index contributed by atoms with van der Waals surface area (Å²) in [5.74, 6) is 0. The van der Waals surface area contributed by atoms with Crippen LogP contribution in [0.3, 0.4) is 0 Å². The van der Waals surface area contributed by atoms with Crippen molar-refractivity contribution in [2.75, 3.05) is 0 Å². The van der Waals surface area contributed by atoms with Gasteiger partial charge in [-0.25, -0.2) is 0 Å². The summed E-state index contributed by atoms with van der Waals surface area (Å²) in [6.07, 6.45) is 2.21. The minimum atomic E-state index is 0. The third-order valence-electron chi connectivity index (χ3n) is 4.76. The van der Waals surface area contributed by atoms with Gasteiger partial charge in [0.2, 0.25) is 0 Å². The third kappa shape index (κ3) is 1.88. The summed E-state index contributed by atoms with van der Waals surface area (Å²) in [5.41, 5.74) is 7.49. The molecule has 0 spiro atoms. The molecule has 20 heavy (non-hydrogen) atoms. The van der Waals surface area contributed by atoms with Crippen molar-refractivity contribution in [1.82, 2.24) is 5.32 Å². The second-order valence-corrected chi connectivity index (χ2v) is 6.27. The van der Waals surface area contributed by atoms with Gasteiger partial charge in [0, 0.05) is 11.6 Å². The molecule has 0 aliphatic carbocycles. The van der Waals surface area contributed by atoms with Gasteiger partial charge in [-0.3, -0.25) is 0 Å². The van der Waals surface area contributed by atoms with Crippen LogP contribution < -0.4 is 5.32 Å². The van der Waals surface area contributed by atoms with Crippen molar-refractivity contribution in [2.24, 2.45) is 0 Å². The number of fused-ring (bicyclic) bond motifs is 6. The van der Waals surface area contributed by atoms with Gasteiger partial charge in [-0.2, -0.15) is 0 Å². The Morgan fingerprint density at radius 1 is 1.10 bits per heavy atom. The average Bonchev–Trinajstić information content (AvgIpc) is 2.55. The highest BCUT2D eigenvalue weighted by molar-refractivity contribution is 5.85. The fourth-order valence-corrected chi connectivity index (χ4v) is 3.85. The first-order valence-electron chi connectivity index (χ1n) is 7.11. The number of rotatable bonds is 0. The van der Waals surface area contributed by atoms with E-state index in [1.54, 1.807) is 0 Å². The number of halogens is 1. The molecule has 1 nitrogen and oxygen atoms in total. The Labute approximate surface area is 126 Å². The van der Waals surface area contributed by atoms with Crippen molar-refractivity contribution in [2.45, 2.75) is 38.3 Å². The number of nitrogens with one attached hydrogen (secondary N) is 1. The predicted molar refractivity (Wildman–Crippen MR) is 85.5 cm³/mol. The molecule has 0 radical (unpaired) electrons. The van der Waals surface area contributed by atoms with Crippen LogP contribution in [0.15, 0.2) is 42.5 Å². The molecule has 4 rings (SSSR count). The number of benzene rings is 2. The number of aryl methyl sites for hydroxylation is 1. The Morgan fingerprint density at radius 3 is 2.65 bits per heavy atom. The van der Waals surface area contributed by atoms with Crippen molar-refractivity contribution < 1.29 is 0 Å². The average molecular weight is 286 g/mol. The first-order chi connectivity index (χ1) is 9.16. The summed E-state index contributed by atoms with van der Waals surface area (Å²) in [6.45, 7) is 4.54. The maximum atomic E-state index is 3.87. The van der Waals surface area contributed by atoms with Crippen molar-refractivity contribution in [3.8, 4) is 0 Å². The van der Waals surface area contributed by atoms with Crippen LogP contribution in [-0.2, 0) is 18.4 Å². The van der Waals surface area contributed by atoms with Crippen LogP contribution in [0.25, 0.3) is 0 Å². The van der Waals surface area contributed by atoms with E-state index in [0.29, 0.717) is 6.04 Å². The Bertz CT molecular complexity index is 664. The molecule has 0 fully saturated rings. The van der Waals surface area contributed by atoms with E-state index in [1.165, 1.54) is 27.8 Å². The molecule has 0 aromatic heterocycles. The van der Waals surface area contributed by atoms with Gasteiger partial charge >= 0.3 is 0 Å². The second kappa shape index (κ2) is 4.61. The Hall–Kier alpha value is -1.31. The zero-order valence-corrected chi connectivity index (χ0v) is 12.8. The molecule has 2 heterocycles. The highest BCUT2D eigenvalue weighted by atomic mass is 35.5. The molecule has 1 N–H and O–H groups in total. The monoisotopic (exact) mass is 285 g/mol. The first kappa shape index (κ1) is 13.7. The lowest BCUT2D eigenvalue weighted by atomic mass is 9.82. The van der Waals surface area contributed by atoms with Gasteiger partial charge in [0.1, 0.15) is 0 Å². The fourth-order valence-electron chi connectivity index (χ4n) is 3.85. The van der Waals surface area contributed by atoms with E-state index in [0.717, 1.165) is 12.8 Å². The summed E-state index contributed by atoms with van der Waals surface area (Å²) < 4.78 is 0. The van der Waals surface area contributed by atoms with Crippen LogP contribution in [0.1, 0.15) is 40.8 Å². The van der Waals surface area contributed by atoms with Crippen LogP contribution in [-0.4, -0.2) is 0 Å². The maximum absolute atomic E-state index is 3.87. The van der Waals surface area contributed by atoms with Crippen molar-refractivity contribution >= 4 is 12.4 Å². The molecule has 0 saturated carbocycles. The SMILES string of the molecule is Cc1ccc2c(c1)C1Cc3ccccc3CC2(C)N1.Cl. The summed E-state index contributed by atoms with van der Waals surface area (Å²) in [7, 11) is 0. The van der Waals surface area contributed by atoms with E-state index in [-0.39, 0.29) is 17.9 Å². The Morgan fingerprint density at radius 2 is 1.85 bits per heavy atom. The standard InChI is InChI=1S/C18H19N.ClH/c1-12-7-8-16-15(9-12)17-10-13-5-3-4-6-14(13)11-18(16,2)19-17;/h3-9,17,19H,10-11H2,1-2H3;1H. The van der Waals surface area contributed by atoms with Gasteiger partial charge < -0.3 is 5.32 Å². The molecule has 0 saturated heterocycles. The normalized spacial score (nSPS) is 26.2. The van der Waals surface area contributed by atoms with E-state index < -0.39 is 0 Å². The Kier molecular flexibility index (Phi) is 3.15. The molecule has 2 heteroatoms.